The molecule has 0 saturated heterocycles. The second-order valence-electron chi connectivity index (χ2n) is 4.42. The Hall–Kier alpha value is -0.830. The molecule has 3 nitrogen and oxygen atoms in total. The summed E-state index contributed by atoms with van der Waals surface area (Å²) in [4.78, 5) is 4.50. The van der Waals surface area contributed by atoms with Crippen LogP contribution in [0, 0.1) is 5.92 Å². The number of nitrogens with zero attached hydrogens (tertiary/aromatic N) is 2. The molecule has 0 aromatic carbocycles. The Balaban J connectivity index is 2.98. The number of rotatable bonds is 5. The highest BCUT2D eigenvalue weighted by Crippen LogP contribution is 2.26. The summed E-state index contributed by atoms with van der Waals surface area (Å²) in [6.07, 6.45) is 3.96. The van der Waals surface area contributed by atoms with Crippen molar-refractivity contribution in [2.75, 3.05) is 7.05 Å². The molecule has 2 unspecified atom stereocenters. The molecule has 15 heavy (non-hydrogen) atoms. The topological polar surface area (TPSA) is 29.9 Å². The molecule has 3 heteroatoms. The van der Waals surface area contributed by atoms with E-state index in [9.17, 15) is 0 Å². The summed E-state index contributed by atoms with van der Waals surface area (Å²) in [7, 11) is 2.01. The largest absolute Gasteiger partial charge is 0.335 e. The predicted molar refractivity (Wildman–Crippen MR) is 64.0 cm³/mol. The van der Waals surface area contributed by atoms with Crippen LogP contribution in [0.3, 0.4) is 0 Å². The summed E-state index contributed by atoms with van der Waals surface area (Å²) >= 11 is 0. The molecule has 1 heterocycles. The minimum absolute atomic E-state index is 0.456. The van der Waals surface area contributed by atoms with Gasteiger partial charge in [0.05, 0.1) is 0 Å². The first-order chi connectivity index (χ1) is 7.11. The Labute approximate surface area is 92.9 Å². The number of nitrogens with one attached hydrogen (secondary N) is 1. The average Bonchev–Trinajstić information content (AvgIpc) is 2.65. The van der Waals surface area contributed by atoms with Gasteiger partial charge in [0, 0.05) is 30.9 Å². The number of aromatic nitrogens is 2. The molecular formula is C12H23N3. The molecule has 0 saturated carbocycles. The van der Waals surface area contributed by atoms with Gasteiger partial charge in [-0.15, -0.1) is 0 Å². The lowest BCUT2D eigenvalue weighted by Crippen LogP contribution is -2.33. The van der Waals surface area contributed by atoms with Gasteiger partial charge in [0.1, 0.15) is 5.82 Å². The number of hydrogen-bond acceptors (Lipinski definition) is 2. The van der Waals surface area contributed by atoms with E-state index in [1.54, 1.807) is 0 Å². The maximum absolute atomic E-state index is 4.50. The zero-order valence-corrected chi connectivity index (χ0v) is 10.5. The Morgan fingerprint density at radius 1 is 1.40 bits per heavy atom. The minimum Gasteiger partial charge on any atom is -0.335 e. The van der Waals surface area contributed by atoms with Gasteiger partial charge >= 0.3 is 0 Å². The van der Waals surface area contributed by atoms with Gasteiger partial charge in [-0.05, 0) is 26.8 Å². The van der Waals surface area contributed by atoms with Crippen molar-refractivity contribution in [3.05, 3.63) is 18.2 Å². The summed E-state index contributed by atoms with van der Waals surface area (Å²) in [5, 5.41) is 3.33. The van der Waals surface area contributed by atoms with Crippen LogP contribution in [0.5, 0.6) is 0 Å². The molecule has 0 aliphatic heterocycles. The lowest BCUT2D eigenvalue weighted by molar-refractivity contribution is 0.369. The fourth-order valence-electron chi connectivity index (χ4n) is 2.16. The van der Waals surface area contributed by atoms with Crippen molar-refractivity contribution in [2.24, 2.45) is 5.92 Å². The third-order valence-electron chi connectivity index (χ3n) is 3.10. The van der Waals surface area contributed by atoms with Gasteiger partial charge in [-0.25, -0.2) is 4.98 Å². The van der Waals surface area contributed by atoms with E-state index < -0.39 is 0 Å². The molecule has 0 fully saturated rings. The summed E-state index contributed by atoms with van der Waals surface area (Å²) in [5.41, 5.74) is 0. The van der Waals surface area contributed by atoms with E-state index in [0.29, 0.717) is 17.9 Å². The van der Waals surface area contributed by atoms with E-state index in [2.05, 4.69) is 48.8 Å². The fraction of sp³-hybridized carbons (Fsp3) is 0.750. The lowest BCUT2D eigenvalue weighted by atomic mass is 9.88. The summed E-state index contributed by atoms with van der Waals surface area (Å²) in [5.74, 6) is 2.28. The lowest BCUT2D eigenvalue weighted by Gasteiger charge is -2.27. The van der Waals surface area contributed by atoms with Crippen LogP contribution < -0.4 is 5.32 Å². The maximum atomic E-state index is 4.50. The predicted octanol–water partition coefficient (Wildman–Crippen LogP) is 2.25. The molecule has 0 amide bonds. The third kappa shape index (κ3) is 2.59. The highest BCUT2D eigenvalue weighted by atomic mass is 15.1. The highest BCUT2D eigenvalue weighted by Gasteiger charge is 2.25. The zero-order valence-electron chi connectivity index (χ0n) is 10.5. The van der Waals surface area contributed by atoms with Crippen LogP contribution in [0.1, 0.15) is 39.4 Å². The highest BCUT2D eigenvalue weighted by molar-refractivity contribution is 5.05. The first-order valence-electron chi connectivity index (χ1n) is 5.80. The first-order valence-corrected chi connectivity index (χ1v) is 5.80. The number of hydrogen-bond donors (Lipinski definition) is 1. The zero-order chi connectivity index (χ0) is 11.4. The smallest absolute Gasteiger partial charge is 0.113 e. The molecular weight excluding hydrogens is 186 g/mol. The maximum Gasteiger partial charge on any atom is 0.113 e. The van der Waals surface area contributed by atoms with Gasteiger partial charge in [-0.2, -0.15) is 0 Å². The number of imidazole rings is 1. The summed E-state index contributed by atoms with van der Waals surface area (Å²) in [6, 6.07) is 0.456. The van der Waals surface area contributed by atoms with Crippen molar-refractivity contribution in [2.45, 2.75) is 46.2 Å². The van der Waals surface area contributed by atoms with Gasteiger partial charge in [-0.1, -0.05) is 13.8 Å². The minimum atomic E-state index is 0.456. The molecule has 2 atom stereocenters. The van der Waals surface area contributed by atoms with E-state index in [-0.39, 0.29) is 0 Å². The van der Waals surface area contributed by atoms with Crippen LogP contribution >= 0.6 is 0 Å². The Kier molecular flexibility index (Phi) is 4.33. The summed E-state index contributed by atoms with van der Waals surface area (Å²) in [6.45, 7) is 9.89. The molecule has 0 spiro atoms. The van der Waals surface area contributed by atoms with E-state index in [4.69, 9.17) is 0 Å². The summed E-state index contributed by atoms with van der Waals surface area (Å²) < 4.78 is 2.23. The quantitative estimate of drug-likeness (QED) is 0.806. The van der Waals surface area contributed by atoms with Crippen molar-refractivity contribution in [3.63, 3.8) is 0 Å². The monoisotopic (exact) mass is 209 g/mol. The molecule has 86 valence electrons. The molecule has 0 aliphatic rings. The van der Waals surface area contributed by atoms with Crippen LogP contribution in [-0.2, 0) is 6.54 Å². The van der Waals surface area contributed by atoms with Gasteiger partial charge < -0.3 is 9.88 Å². The number of likely N-dealkylation sites (N-methyl/N-ethyl adjacent to an activating group) is 1. The average molecular weight is 209 g/mol. The standard InChI is InChI=1S/C12H23N3/c1-6-15-8-7-14-12(15)11(9(2)3)10(4)13-5/h7-11,13H,6H2,1-5H3. The van der Waals surface area contributed by atoms with Gasteiger partial charge in [-0.3, -0.25) is 0 Å². The van der Waals surface area contributed by atoms with E-state index in [0.717, 1.165) is 6.54 Å². The molecule has 1 aromatic rings. The molecule has 0 bridgehead atoms. The molecule has 0 radical (unpaired) electrons. The molecule has 1 N–H and O–H groups in total. The van der Waals surface area contributed by atoms with Crippen LogP contribution in [0.4, 0.5) is 0 Å². The van der Waals surface area contributed by atoms with E-state index >= 15 is 0 Å². The Bertz CT molecular complexity index is 291. The second kappa shape index (κ2) is 5.31. The first kappa shape index (κ1) is 12.2. The second-order valence-corrected chi connectivity index (χ2v) is 4.42. The van der Waals surface area contributed by atoms with Gasteiger partial charge in [0.2, 0.25) is 0 Å². The van der Waals surface area contributed by atoms with Crippen LogP contribution in [-0.4, -0.2) is 22.6 Å². The van der Waals surface area contributed by atoms with Crippen molar-refractivity contribution >= 4 is 0 Å². The van der Waals surface area contributed by atoms with E-state index in [1.165, 1.54) is 5.82 Å². The van der Waals surface area contributed by atoms with Gasteiger partial charge in [0.25, 0.3) is 0 Å². The normalized spacial score (nSPS) is 15.6. The fourth-order valence-corrected chi connectivity index (χ4v) is 2.16. The van der Waals surface area contributed by atoms with Crippen LogP contribution in [0.2, 0.25) is 0 Å². The van der Waals surface area contributed by atoms with Crippen LogP contribution in [0.25, 0.3) is 0 Å². The van der Waals surface area contributed by atoms with Gasteiger partial charge in [0.15, 0.2) is 0 Å². The molecule has 0 aliphatic carbocycles. The van der Waals surface area contributed by atoms with Crippen molar-refractivity contribution < 1.29 is 0 Å². The van der Waals surface area contributed by atoms with Crippen molar-refractivity contribution in [3.8, 4) is 0 Å². The SMILES string of the molecule is CCn1ccnc1C(C(C)C)C(C)NC. The number of aryl methyl sites for hydroxylation is 1. The van der Waals surface area contributed by atoms with Crippen LogP contribution in [0.15, 0.2) is 12.4 Å². The Morgan fingerprint density at radius 2 is 2.07 bits per heavy atom. The van der Waals surface area contributed by atoms with E-state index in [1.807, 2.05) is 13.2 Å². The Morgan fingerprint density at radius 3 is 2.53 bits per heavy atom. The third-order valence-corrected chi connectivity index (χ3v) is 3.10. The molecule has 1 aromatic heterocycles. The molecule has 1 rings (SSSR count). The van der Waals surface area contributed by atoms with Crippen molar-refractivity contribution in [1.82, 2.24) is 14.9 Å². The van der Waals surface area contributed by atoms with Crippen molar-refractivity contribution in [1.29, 1.82) is 0 Å².